The van der Waals surface area contributed by atoms with E-state index in [0.717, 1.165) is 6.08 Å². The van der Waals surface area contributed by atoms with Crippen molar-refractivity contribution in [3.05, 3.63) is 17.1 Å². The number of imide groups is 1. The Bertz CT molecular complexity index is 515. The van der Waals surface area contributed by atoms with Crippen molar-refractivity contribution in [2.45, 2.75) is 19.8 Å². The average Bonchev–Trinajstić information content (AvgIpc) is 2.51. The van der Waals surface area contributed by atoms with Crippen LogP contribution in [0.2, 0.25) is 0 Å². The van der Waals surface area contributed by atoms with Crippen molar-refractivity contribution in [3.63, 3.8) is 0 Å². The first kappa shape index (κ1) is 20.1. The fraction of sp³-hybridized carbons (Fsp3) is 0.462. The lowest BCUT2D eigenvalue weighted by Gasteiger charge is -2.05. The highest BCUT2D eigenvalue weighted by Crippen LogP contribution is 1.91. The van der Waals surface area contributed by atoms with E-state index >= 15 is 0 Å². The Morgan fingerprint density at radius 1 is 1.00 bits per heavy atom. The zero-order valence-electron chi connectivity index (χ0n) is 12.7. The second-order valence-corrected chi connectivity index (χ2v) is 4.28. The predicted octanol–water partition coefficient (Wildman–Crippen LogP) is -1.85. The van der Waals surface area contributed by atoms with E-state index in [-0.39, 0.29) is 43.6 Å². The van der Waals surface area contributed by atoms with Crippen molar-refractivity contribution in [2.75, 3.05) is 19.6 Å². The van der Waals surface area contributed by atoms with Crippen LogP contribution >= 0.6 is 0 Å². The van der Waals surface area contributed by atoms with Gasteiger partial charge in [-0.3, -0.25) is 24.5 Å². The topological polar surface area (TPSA) is 142 Å². The maximum Gasteiger partial charge on any atom is 0.457 e. The van der Waals surface area contributed by atoms with Crippen molar-refractivity contribution < 1.29 is 28.7 Å². The molecule has 126 valence electrons. The summed E-state index contributed by atoms with van der Waals surface area (Å²) in [7, 11) is 0. The molecule has 23 heavy (non-hydrogen) atoms. The maximum absolute atomic E-state index is 11.4. The Balaban J connectivity index is 3.84. The quantitative estimate of drug-likeness (QED) is 0.244. The highest BCUT2D eigenvalue weighted by Gasteiger charge is 2.18. The molecule has 0 aliphatic rings. The van der Waals surface area contributed by atoms with Crippen LogP contribution in [-0.4, -0.2) is 54.4 Å². The van der Waals surface area contributed by atoms with E-state index in [1.54, 1.807) is 6.92 Å². The van der Waals surface area contributed by atoms with Gasteiger partial charge in [-0.05, 0) is 6.92 Å². The lowest BCUT2D eigenvalue weighted by Crippen LogP contribution is -2.41. The first-order valence-electron chi connectivity index (χ1n) is 6.78. The first-order valence-corrected chi connectivity index (χ1v) is 6.78. The largest absolute Gasteiger partial charge is 0.457 e. The molecule has 0 radical (unpaired) electrons. The van der Waals surface area contributed by atoms with Crippen molar-refractivity contribution in [1.82, 2.24) is 16.0 Å². The number of carbonyl (C=O) groups excluding carboxylic acids is 5. The summed E-state index contributed by atoms with van der Waals surface area (Å²) < 4.78 is 0.242. The van der Waals surface area contributed by atoms with Crippen molar-refractivity contribution in [1.29, 1.82) is 0 Å². The van der Waals surface area contributed by atoms with Crippen LogP contribution in [0.4, 0.5) is 0 Å². The lowest BCUT2D eigenvalue weighted by atomic mass is 10.3. The number of amides is 5. The Labute approximate surface area is 132 Å². The first-order chi connectivity index (χ1) is 10.9. The molecule has 5 amide bonds. The summed E-state index contributed by atoms with van der Waals surface area (Å²) >= 11 is 0. The number of hydrogen-bond donors (Lipinski definition) is 3. The van der Waals surface area contributed by atoms with Crippen molar-refractivity contribution in [2.24, 2.45) is 0 Å². The summed E-state index contributed by atoms with van der Waals surface area (Å²) in [5.74, 6) is -2.45. The number of nitrogens with zero attached hydrogens (tertiary/aromatic N) is 1. The molecule has 0 aliphatic carbocycles. The van der Waals surface area contributed by atoms with Gasteiger partial charge in [0.1, 0.15) is 0 Å². The third kappa shape index (κ3) is 10.5. The van der Waals surface area contributed by atoms with E-state index in [2.05, 4.69) is 10.6 Å². The molecule has 0 aliphatic heterocycles. The van der Waals surface area contributed by atoms with Crippen LogP contribution < -0.4 is 16.0 Å². The molecule has 0 saturated heterocycles. The van der Waals surface area contributed by atoms with Gasteiger partial charge in [-0.1, -0.05) is 6.08 Å². The third-order valence-corrected chi connectivity index (χ3v) is 2.43. The van der Waals surface area contributed by atoms with E-state index in [1.165, 1.54) is 6.08 Å². The van der Waals surface area contributed by atoms with Crippen LogP contribution in [0.1, 0.15) is 19.8 Å². The minimum absolute atomic E-state index is 0.0270. The second-order valence-electron chi connectivity index (χ2n) is 4.28. The lowest BCUT2D eigenvalue weighted by molar-refractivity contribution is -0.464. The minimum Gasteiger partial charge on any atom is -0.347 e. The molecular formula is C13H19N4O6+. The second kappa shape index (κ2) is 11.7. The van der Waals surface area contributed by atoms with Gasteiger partial charge in [0.25, 0.3) is 0 Å². The molecule has 0 aromatic carbocycles. The normalized spacial score (nSPS) is 9.96. The molecule has 0 bridgehead atoms. The van der Waals surface area contributed by atoms with E-state index in [0.29, 0.717) is 0 Å². The molecule has 0 aromatic heterocycles. The van der Waals surface area contributed by atoms with E-state index in [4.69, 9.17) is 0 Å². The smallest absolute Gasteiger partial charge is 0.347 e. The molecule has 0 rings (SSSR count). The van der Waals surface area contributed by atoms with Gasteiger partial charge in [0.2, 0.25) is 30.7 Å². The summed E-state index contributed by atoms with van der Waals surface area (Å²) in [4.78, 5) is 65.9. The summed E-state index contributed by atoms with van der Waals surface area (Å²) in [6.07, 6.45) is 2.88. The van der Waals surface area contributed by atoms with Crippen LogP contribution in [0.5, 0.6) is 0 Å². The molecule has 10 nitrogen and oxygen atoms in total. The fourth-order valence-corrected chi connectivity index (χ4v) is 1.34. The molecule has 0 aromatic rings. The fourth-order valence-electron chi connectivity index (χ4n) is 1.34. The molecule has 0 saturated carbocycles. The number of hydrogen-bond acceptors (Lipinski definition) is 6. The summed E-state index contributed by atoms with van der Waals surface area (Å²) in [5, 5.41) is 6.32. The van der Waals surface area contributed by atoms with Gasteiger partial charge in [-0.2, -0.15) is 0 Å². The van der Waals surface area contributed by atoms with Gasteiger partial charge in [0.05, 0.1) is 23.9 Å². The highest BCUT2D eigenvalue weighted by atomic mass is 16.3. The van der Waals surface area contributed by atoms with Gasteiger partial charge in [-0.15, -0.1) is 0 Å². The van der Waals surface area contributed by atoms with Crippen molar-refractivity contribution >= 4 is 30.0 Å². The van der Waals surface area contributed by atoms with Crippen LogP contribution in [0, 0.1) is 4.91 Å². The molecular weight excluding hydrogens is 308 g/mol. The summed E-state index contributed by atoms with van der Waals surface area (Å²) in [6, 6.07) is 0. The standard InChI is InChI=1S/C13H18N4O6/c1-2-4-13(22)17(23)6-3-5-10(19)14-7-11(20)15-8-12(21)16-9-18/h2,4,9H,3,5-8H2,1H3,(H2-,14,15,16,18,19,20,21)/p+1. The van der Waals surface area contributed by atoms with E-state index in [1.807, 2.05) is 5.32 Å². The predicted molar refractivity (Wildman–Crippen MR) is 77.8 cm³/mol. The van der Waals surface area contributed by atoms with Gasteiger partial charge >= 0.3 is 5.91 Å². The van der Waals surface area contributed by atoms with Gasteiger partial charge in [0.15, 0.2) is 0 Å². The summed E-state index contributed by atoms with van der Waals surface area (Å²) in [6.45, 7) is 0.749. The van der Waals surface area contributed by atoms with Gasteiger partial charge < -0.3 is 10.6 Å². The number of rotatable bonds is 10. The third-order valence-electron chi connectivity index (χ3n) is 2.43. The van der Waals surface area contributed by atoms with Crippen LogP contribution in [0.15, 0.2) is 12.2 Å². The van der Waals surface area contributed by atoms with Crippen LogP contribution in [0.25, 0.3) is 0 Å². The number of nitrogens with one attached hydrogen (secondary N) is 3. The van der Waals surface area contributed by atoms with Gasteiger partial charge in [0, 0.05) is 17.7 Å². The highest BCUT2D eigenvalue weighted by molar-refractivity contribution is 5.91. The average molecular weight is 327 g/mol. The molecule has 3 N–H and O–H groups in total. The molecule has 0 fully saturated rings. The van der Waals surface area contributed by atoms with E-state index < -0.39 is 23.6 Å². The Morgan fingerprint density at radius 2 is 1.61 bits per heavy atom. The number of allylic oxidation sites excluding steroid dienone is 1. The monoisotopic (exact) mass is 327 g/mol. The number of nitroso groups, excluding NO2 is 1. The van der Waals surface area contributed by atoms with Gasteiger partial charge in [-0.25, -0.2) is 4.79 Å². The SMILES string of the molecule is CC=CC(=O)[N+](=O)CCCC(=O)NCC(=O)NCC(=O)NC=O. The Morgan fingerprint density at radius 3 is 2.22 bits per heavy atom. The molecule has 0 atom stereocenters. The maximum atomic E-state index is 11.4. The van der Waals surface area contributed by atoms with Crippen LogP contribution in [-0.2, 0) is 24.0 Å². The Hall–Kier alpha value is -2.91. The number of carbonyl (C=O) groups is 5. The zero-order valence-corrected chi connectivity index (χ0v) is 12.7. The molecule has 10 heteroatoms. The zero-order chi connectivity index (χ0) is 17.7. The molecule has 0 heterocycles. The molecule has 0 spiro atoms. The van der Waals surface area contributed by atoms with Crippen molar-refractivity contribution in [3.8, 4) is 0 Å². The summed E-state index contributed by atoms with van der Waals surface area (Å²) in [5.41, 5.74) is 0. The van der Waals surface area contributed by atoms with Crippen LogP contribution in [0.3, 0.4) is 0 Å². The molecule has 0 unspecified atom stereocenters. The minimum atomic E-state index is -0.694. The Kier molecular flexibility index (Phi) is 10.2. The van der Waals surface area contributed by atoms with E-state index in [9.17, 15) is 28.9 Å².